The lowest BCUT2D eigenvalue weighted by atomic mass is 9.98. The molecule has 3 aromatic heterocycles. The number of thioether (sulfide) groups is 2. The first-order valence-electron chi connectivity index (χ1n) is 13.5. The summed E-state index contributed by atoms with van der Waals surface area (Å²) in [5.41, 5.74) is 6.42. The molecule has 0 amide bonds. The van der Waals surface area contributed by atoms with Crippen molar-refractivity contribution in [2.24, 2.45) is 0 Å². The number of nitrogens with one attached hydrogen (secondary N) is 1. The Hall–Kier alpha value is -3.24. The molecule has 0 aliphatic carbocycles. The largest absolute Gasteiger partial charge is 0.321 e. The highest BCUT2D eigenvalue weighted by Crippen LogP contribution is 2.36. The molecule has 202 valence electrons. The van der Waals surface area contributed by atoms with Gasteiger partial charge in [-0.3, -0.25) is 0 Å². The number of aryl methyl sites for hydroxylation is 1. The molecule has 8 nitrogen and oxygen atoms in total. The average molecular weight is 559 g/mol. The standard InChI is InChI=1S/C29H34N8S2/c1-6-7-12-24-30-25-26(29(39-19(4)5)34-33-28(25)38-18(2)3)37(24)17-20-13-15-21(16-14-20)22-10-8-9-11-23(22)27-31-35-36-32-27/h8-11,13-16,18-19H,6-7,12,17H2,1-5H3,(H,31,32,35,36). The van der Waals surface area contributed by atoms with Crippen LogP contribution in [0.2, 0.25) is 0 Å². The number of aromatic nitrogens is 8. The van der Waals surface area contributed by atoms with Crippen LogP contribution in [0.4, 0.5) is 0 Å². The second-order valence-electron chi connectivity index (χ2n) is 10.0. The summed E-state index contributed by atoms with van der Waals surface area (Å²) < 4.78 is 2.37. The van der Waals surface area contributed by atoms with Crippen LogP contribution in [-0.4, -0.2) is 50.9 Å². The van der Waals surface area contributed by atoms with Crippen molar-refractivity contribution in [3.05, 3.63) is 59.9 Å². The molecule has 0 fully saturated rings. The van der Waals surface area contributed by atoms with Crippen LogP contribution >= 0.6 is 23.5 Å². The molecule has 1 N–H and O–H groups in total. The number of imidazole rings is 1. The summed E-state index contributed by atoms with van der Waals surface area (Å²) in [5.74, 6) is 1.69. The molecule has 0 spiro atoms. The van der Waals surface area contributed by atoms with E-state index in [1.165, 1.54) is 5.56 Å². The topological polar surface area (TPSA) is 98.1 Å². The predicted molar refractivity (Wildman–Crippen MR) is 160 cm³/mol. The minimum atomic E-state index is 0.395. The van der Waals surface area contributed by atoms with Crippen LogP contribution in [0.15, 0.2) is 58.6 Å². The number of nitrogens with zero attached hydrogens (tertiary/aromatic N) is 7. The molecule has 0 radical (unpaired) electrons. The molecule has 0 atom stereocenters. The van der Waals surface area contributed by atoms with Gasteiger partial charge < -0.3 is 4.57 Å². The summed E-state index contributed by atoms with van der Waals surface area (Å²) in [5, 5.41) is 26.6. The molecule has 0 bridgehead atoms. The molecule has 0 aliphatic heterocycles. The van der Waals surface area contributed by atoms with Gasteiger partial charge in [0, 0.05) is 29.0 Å². The van der Waals surface area contributed by atoms with Crippen LogP contribution < -0.4 is 0 Å². The highest BCUT2D eigenvalue weighted by Gasteiger charge is 2.22. The number of fused-ring (bicyclic) bond motifs is 1. The molecule has 2 aromatic carbocycles. The third-order valence-electron chi connectivity index (χ3n) is 6.25. The Kier molecular flexibility index (Phi) is 8.62. The highest BCUT2D eigenvalue weighted by molar-refractivity contribution is 8.00. The number of H-pyrrole nitrogens is 1. The number of hydrogen-bond donors (Lipinski definition) is 1. The lowest BCUT2D eigenvalue weighted by Crippen LogP contribution is -2.07. The number of tetrazole rings is 1. The van der Waals surface area contributed by atoms with Crippen LogP contribution in [0, 0.1) is 0 Å². The van der Waals surface area contributed by atoms with Gasteiger partial charge in [-0.05, 0) is 28.3 Å². The summed E-state index contributed by atoms with van der Waals surface area (Å²) >= 11 is 3.49. The molecule has 5 rings (SSSR count). The van der Waals surface area contributed by atoms with E-state index < -0.39 is 0 Å². The molecular formula is C29H34N8S2. The maximum absolute atomic E-state index is 5.18. The number of hydrogen-bond acceptors (Lipinski definition) is 8. The van der Waals surface area contributed by atoms with E-state index in [-0.39, 0.29) is 0 Å². The number of benzene rings is 2. The van der Waals surface area contributed by atoms with E-state index in [9.17, 15) is 0 Å². The van der Waals surface area contributed by atoms with E-state index in [1.54, 1.807) is 23.5 Å². The smallest absolute Gasteiger partial charge is 0.205 e. The Morgan fingerprint density at radius 2 is 1.54 bits per heavy atom. The lowest BCUT2D eigenvalue weighted by molar-refractivity contribution is 0.686. The van der Waals surface area contributed by atoms with Crippen molar-refractivity contribution in [1.29, 1.82) is 0 Å². The highest BCUT2D eigenvalue weighted by atomic mass is 32.2. The van der Waals surface area contributed by atoms with Gasteiger partial charge in [-0.1, -0.05) is 113 Å². The van der Waals surface area contributed by atoms with E-state index in [1.807, 2.05) is 18.2 Å². The van der Waals surface area contributed by atoms with Crippen molar-refractivity contribution >= 4 is 34.6 Å². The van der Waals surface area contributed by atoms with E-state index >= 15 is 0 Å². The van der Waals surface area contributed by atoms with Gasteiger partial charge in [-0.15, -0.1) is 20.4 Å². The SMILES string of the molecule is CCCCc1nc2c(SC(C)C)nnc(SC(C)C)c2n1Cc1ccc(-c2ccccc2-c2nn[nH]n2)cc1. The third kappa shape index (κ3) is 6.17. The molecule has 0 saturated carbocycles. The molecular weight excluding hydrogens is 525 g/mol. The van der Waals surface area contributed by atoms with Crippen molar-refractivity contribution in [3.63, 3.8) is 0 Å². The summed E-state index contributed by atoms with van der Waals surface area (Å²) in [6, 6.07) is 16.9. The van der Waals surface area contributed by atoms with E-state index in [2.05, 4.69) is 95.2 Å². The van der Waals surface area contributed by atoms with Gasteiger partial charge in [0.15, 0.2) is 0 Å². The molecule has 39 heavy (non-hydrogen) atoms. The van der Waals surface area contributed by atoms with E-state index in [4.69, 9.17) is 10.1 Å². The maximum Gasteiger partial charge on any atom is 0.205 e. The van der Waals surface area contributed by atoms with Crippen LogP contribution in [0.1, 0.15) is 58.8 Å². The summed E-state index contributed by atoms with van der Waals surface area (Å²) in [6.45, 7) is 11.7. The van der Waals surface area contributed by atoms with Gasteiger partial charge in [0.05, 0.1) is 0 Å². The number of rotatable bonds is 11. The van der Waals surface area contributed by atoms with Crippen molar-refractivity contribution < 1.29 is 0 Å². The predicted octanol–water partition coefficient (Wildman–Crippen LogP) is 7.07. The van der Waals surface area contributed by atoms with Gasteiger partial charge in [0.1, 0.15) is 26.9 Å². The zero-order valence-corrected chi connectivity index (χ0v) is 24.7. The fourth-order valence-corrected chi connectivity index (χ4v) is 6.17. The number of unbranched alkanes of at least 4 members (excludes halogenated alkanes) is 1. The Balaban J connectivity index is 1.55. The van der Waals surface area contributed by atoms with Crippen LogP contribution in [-0.2, 0) is 13.0 Å². The molecule has 0 aliphatic rings. The Bertz CT molecular complexity index is 1530. The molecule has 0 saturated heterocycles. The molecule has 0 unspecified atom stereocenters. The first-order valence-corrected chi connectivity index (χ1v) is 15.2. The van der Waals surface area contributed by atoms with Crippen molar-refractivity contribution in [3.8, 4) is 22.5 Å². The minimum absolute atomic E-state index is 0.395. The molecule has 3 heterocycles. The van der Waals surface area contributed by atoms with Crippen LogP contribution in [0.3, 0.4) is 0 Å². The van der Waals surface area contributed by atoms with E-state index in [0.717, 1.165) is 69.4 Å². The molecule has 5 aromatic rings. The fourth-order valence-electron chi connectivity index (χ4n) is 4.53. The fraction of sp³-hybridized carbons (Fsp3) is 0.379. The lowest BCUT2D eigenvalue weighted by Gasteiger charge is -2.14. The Morgan fingerprint density at radius 3 is 2.21 bits per heavy atom. The minimum Gasteiger partial charge on any atom is -0.321 e. The zero-order chi connectivity index (χ0) is 27.4. The van der Waals surface area contributed by atoms with E-state index in [0.29, 0.717) is 16.3 Å². The second-order valence-corrected chi connectivity index (χ2v) is 13.2. The first-order chi connectivity index (χ1) is 18.9. The van der Waals surface area contributed by atoms with Gasteiger partial charge in [-0.2, -0.15) is 5.21 Å². The van der Waals surface area contributed by atoms with Crippen LogP contribution in [0.5, 0.6) is 0 Å². The molecule has 10 heteroatoms. The quantitative estimate of drug-likeness (QED) is 0.172. The van der Waals surface area contributed by atoms with Crippen molar-refractivity contribution in [2.75, 3.05) is 0 Å². The van der Waals surface area contributed by atoms with Gasteiger partial charge in [-0.25, -0.2) is 4.98 Å². The van der Waals surface area contributed by atoms with Gasteiger partial charge in [0.2, 0.25) is 5.82 Å². The van der Waals surface area contributed by atoms with Gasteiger partial charge in [0.25, 0.3) is 0 Å². The summed E-state index contributed by atoms with van der Waals surface area (Å²) in [4.78, 5) is 5.18. The zero-order valence-electron chi connectivity index (χ0n) is 23.0. The normalized spacial score (nSPS) is 11.8. The Morgan fingerprint density at radius 1 is 0.846 bits per heavy atom. The monoisotopic (exact) mass is 558 g/mol. The second kappa shape index (κ2) is 12.3. The third-order valence-corrected chi connectivity index (χ3v) is 8.19. The first kappa shape index (κ1) is 27.3. The van der Waals surface area contributed by atoms with Crippen molar-refractivity contribution in [1.82, 2.24) is 40.4 Å². The Labute approximate surface area is 237 Å². The number of aromatic amines is 1. The van der Waals surface area contributed by atoms with Crippen LogP contribution in [0.25, 0.3) is 33.5 Å². The van der Waals surface area contributed by atoms with Gasteiger partial charge >= 0.3 is 0 Å². The summed E-state index contributed by atoms with van der Waals surface area (Å²) in [6.07, 6.45) is 3.14. The maximum atomic E-state index is 5.18. The summed E-state index contributed by atoms with van der Waals surface area (Å²) in [7, 11) is 0. The van der Waals surface area contributed by atoms with Crippen molar-refractivity contribution in [2.45, 2.75) is 81.0 Å². The average Bonchev–Trinajstić information content (AvgIpc) is 3.58.